The van der Waals surface area contributed by atoms with Crippen molar-refractivity contribution in [2.24, 2.45) is 0 Å². The molecule has 0 aliphatic heterocycles. The fourth-order valence-electron chi connectivity index (χ4n) is 1.35. The topological polar surface area (TPSA) is 9.23 Å². The SMILES string of the molecule is CCC[SiH](C)O[SiH](C)CCC. The zero-order chi connectivity index (χ0) is 8.69. The van der Waals surface area contributed by atoms with Gasteiger partial charge in [0.15, 0.2) is 18.1 Å². The highest BCUT2D eigenvalue weighted by atomic mass is 28.4. The van der Waals surface area contributed by atoms with E-state index in [1.54, 1.807) is 0 Å². The van der Waals surface area contributed by atoms with E-state index in [0.29, 0.717) is 0 Å². The van der Waals surface area contributed by atoms with Gasteiger partial charge in [-0.1, -0.05) is 26.7 Å². The van der Waals surface area contributed by atoms with E-state index in [-0.39, 0.29) is 0 Å². The molecule has 0 bridgehead atoms. The zero-order valence-corrected chi connectivity index (χ0v) is 10.7. The Labute approximate surface area is 74.6 Å². The predicted octanol–water partition coefficient (Wildman–Crippen LogP) is 2.53. The highest BCUT2D eigenvalue weighted by molar-refractivity contribution is 6.64. The second-order valence-electron chi connectivity index (χ2n) is 3.33. The summed E-state index contributed by atoms with van der Waals surface area (Å²) in [5.41, 5.74) is 0. The second-order valence-corrected chi connectivity index (χ2v) is 8.82. The molecule has 3 heteroatoms. The Morgan fingerprint density at radius 3 is 1.55 bits per heavy atom. The molecule has 0 rings (SSSR count). The molecule has 0 saturated heterocycles. The standard InChI is InChI=1S/C8H22OSi2/c1-5-7-10(3)9-11(4)8-6-2/h10-11H,5-8H2,1-4H3. The third-order valence-corrected chi connectivity index (χ3v) is 8.35. The molecule has 2 unspecified atom stereocenters. The number of hydrogen-bond acceptors (Lipinski definition) is 1. The molecule has 68 valence electrons. The normalized spacial score (nSPS) is 16.4. The predicted molar refractivity (Wildman–Crippen MR) is 57.3 cm³/mol. The van der Waals surface area contributed by atoms with Gasteiger partial charge in [-0.15, -0.1) is 0 Å². The Kier molecular flexibility index (Phi) is 7.32. The minimum absolute atomic E-state index is 0.730. The van der Waals surface area contributed by atoms with E-state index in [1.165, 1.54) is 24.9 Å². The molecular formula is C8H22OSi2. The van der Waals surface area contributed by atoms with Gasteiger partial charge in [-0.3, -0.25) is 0 Å². The highest BCUT2D eigenvalue weighted by Crippen LogP contribution is 2.04. The van der Waals surface area contributed by atoms with Crippen LogP contribution in [0.25, 0.3) is 0 Å². The molecule has 2 atom stereocenters. The number of rotatable bonds is 6. The summed E-state index contributed by atoms with van der Waals surface area (Å²) in [6.45, 7) is 9.17. The van der Waals surface area contributed by atoms with E-state index in [1.807, 2.05) is 0 Å². The van der Waals surface area contributed by atoms with Gasteiger partial charge < -0.3 is 4.12 Å². The molecule has 0 N–H and O–H groups in total. The maximum atomic E-state index is 6.01. The molecule has 0 aromatic carbocycles. The monoisotopic (exact) mass is 190 g/mol. The molecule has 0 heterocycles. The summed E-state index contributed by atoms with van der Waals surface area (Å²) in [7, 11) is -1.46. The van der Waals surface area contributed by atoms with Crippen LogP contribution in [0.15, 0.2) is 0 Å². The molecule has 11 heavy (non-hydrogen) atoms. The Morgan fingerprint density at radius 2 is 1.27 bits per heavy atom. The molecule has 0 aromatic rings. The zero-order valence-electron chi connectivity index (χ0n) is 8.39. The molecule has 0 spiro atoms. The molecule has 0 aliphatic rings. The average molecular weight is 190 g/mol. The summed E-state index contributed by atoms with van der Waals surface area (Å²) in [5, 5.41) is 0. The molecule has 0 saturated carbocycles. The van der Waals surface area contributed by atoms with Crippen LogP contribution in [-0.4, -0.2) is 18.1 Å². The van der Waals surface area contributed by atoms with E-state index in [0.717, 1.165) is 0 Å². The number of hydrogen-bond donors (Lipinski definition) is 0. The van der Waals surface area contributed by atoms with E-state index >= 15 is 0 Å². The Morgan fingerprint density at radius 1 is 0.909 bits per heavy atom. The molecule has 0 amide bonds. The van der Waals surface area contributed by atoms with Crippen LogP contribution >= 0.6 is 0 Å². The third-order valence-electron chi connectivity index (χ3n) is 1.86. The average Bonchev–Trinajstić information content (AvgIpc) is 1.87. The van der Waals surface area contributed by atoms with Crippen LogP contribution in [0, 0.1) is 0 Å². The van der Waals surface area contributed by atoms with Crippen LogP contribution < -0.4 is 0 Å². The van der Waals surface area contributed by atoms with Crippen molar-refractivity contribution in [2.75, 3.05) is 0 Å². The van der Waals surface area contributed by atoms with Crippen LogP contribution in [0.1, 0.15) is 26.7 Å². The second kappa shape index (κ2) is 7.07. The van der Waals surface area contributed by atoms with Crippen LogP contribution in [0.2, 0.25) is 25.2 Å². The largest absolute Gasteiger partial charge is 0.460 e. The minimum Gasteiger partial charge on any atom is -0.460 e. The van der Waals surface area contributed by atoms with Crippen molar-refractivity contribution in [2.45, 2.75) is 51.9 Å². The van der Waals surface area contributed by atoms with Crippen LogP contribution in [-0.2, 0) is 4.12 Å². The van der Waals surface area contributed by atoms with Gasteiger partial charge in [-0.2, -0.15) is 0 Å². The maximum Gasteiger partial charge on any atom is 0.159 e. The summed E-state index contributed by atoms with van der Waals surface area (Å²) in [6, 6.07) is 2.72. The van der Waals surface area contributed by atoms with E-state index < -0.39 is 18.1 Å². The lowest BCUT2D eigenvalue weighted by Crippen LogP contribution is -2.23. The quantitative estimate of drug-likeness (QED) is 0.585. The molecule has 0 fully saturated rings. The van der Waals surface area contributed by atoms with Gasteiger partial charge >= 0.3 is 0 Å². The third kappa shape index (κ3) is 6.78. The van der Waals surface area contributed by atoms with E-state index in [9.17, 15) is 0 Å². The van der Waals surface area contributed by atoms with Gasteiger partial charge in [0, 0.05) is 0 Å². The van der Waals surface area contributed by atoms with Gasteiger partial charge in [0.05, 0.1) is 0 Å². The van der Waals surface area contributed by atoms with Crippen molar-refractivity contribution >= 4 is 18.1 Å². The maximum absolute atomic E-state index is 6.01. The van der Waals surface area contributed by atoms with Crippen molar-refractivity contribution in [3.8, 4) is 0 Å². The lowest BCUT2D eigenvalue weighted by Gasteiger charge is -2.16. The van der Waals surface area contributed by atoms with Crippen molar-refractivity contribution < 1.29 is 4.12 Å². The minimum atomic E-state index is -0.730. The smallest absolute Gasteiger partial charge is 0.159 e. The molecule has 0 radical (unpaired) electrons. The lowest BCUT2D eigenvalue weighted by atomic mass is 10.6. The highest BCUT2D eigenvalue weighted by Gasteiger charge is 2.08. The summed E-state index contributed by atoms with van der Waals surface area (Å²) in [6.07, 6.45) is 2.61. The van der Waals surface area contributed by atoms with Crippen molar-refractivity contribution in [3.05, 3.63) is 0 Å². The van der Waals surface area contributed by atoms with Gasteiger partial charge in [0.1, 0.15) is 0 Å². The fraction of sp³-hybridized carbons (Fsp3) is 1.00. The van der Waals surface area contributed by atoms with Crippen LogP contribution in [0.4, 0.5) is 0 Å². The van der Waals surface area contributed by atoms with Gasteiger partial charge in [-0.25, -0.2) is 0 Å². The fourth-order valence-corrected chi connectivity index (χ4v) is 7.23. The first-order chi connectivity index (χ1) is 5.20. The van der Waals surface area contributed by atoms with Crippen LogP contribution in [0.5, 0.6) is 0 Å². The molecule has 0 aromatic heterocycles. The Balaban J connectivity index is 3.32. The van der Waals surface area contributed by atoms with Gasteiger partial charge in [0.25, 0.3) is 0 Å². The lowest BCUT2D eigenvalue weighted by molar-refractivity contribution is 0.584. The first kappa shape index (κ1) is 11.4. The summed E-state index contributed by atoms with van der Waals surface area (Å²) >= 11 is 0. The summed E-state index contributed by atoms with van der Waals surface area (Å²) < 4.78 is 6.01. The van der Waals surface area contributed by atoms with Crippen molar-refractivity contribution in [1.29, 1.82) is 0 Å². The summed E-state index contributed by atoms with van der Waals surface area (Å²) in [5.74, 6) is 0. The first-order valence-electron chi connectivity index (χ1n) is 4.86. The Hall–Kier alpha value is 0.394. The van der Waals surface area contributed by atoms with Crippen LogP contribution in [0.3, 0.4) is 0 Å². The Bertz CT molecular complexity index is 78.2. The van der Waals surface area contributed by atoms with Gasteiger partial charge in [0.2, 0.25) is 0 Å². The van der Waals surface area contributed by atoms with E-state index in [2.05, 4.69) is 26.9 Å². The van der Waals surface area contributed by atoms with Crippen molar-refractivity contribution in [1.82, 2.24) is 0 Å². The van der Waals surface area contributed by atoms with E-state index in [4.69, 9.17) is 4.12 Å². The molecule has 1 nitrogen and oxygen atoms in total. The molecular weight excluding hydrogens is 168 g/mol. The summed E-state index contributed by atoms with van der Waals surface area (Å²) in [4.78, 5) is 0. The molecule has 0 aliphatic carbocycles. The van der Waals surface area contributed by atoms with Gasteiger partial charge in [-0.05, 0) is 25.2 Å². The first-order valence-corrected chi connectivity index (χ1v) is 9.74. The van der Waals surface area contributed by atoms with Crippen molar-refractivity contribution in [3.63, 3.8) is 0 Å².